The summed E-state index contributed by atoms with van der Waals surface area (Å²) in [6, 6.07) is 8.14. The van der Waals surface area contributed by atoms with Crippen LogP contribution in [-0.2, 0) is 5.41 Å². The number of ether oxygens (including phenoxy) is 1. The van der Waals surface area contributed by atoms with E-state index in [-0.39, 0.29) is 5.41 Å². The maximum absolute atomic E-state index is 6.03. The Labute approximate surface area is 123 Å². The lowest BCUT2D eigenvalue weighted by Crippen LogP contribution is -2.12. The van der Waals surface area contributed by atoms with Crippen molar-refractivity contribution in [2.24, 2.45) is 0 Å². The highest BCUT2D eigenvalue weighted by molar-refractivity contribution is 9.10. The van der Waals surface area contributed by atoms with Gasteiger partial charge in [-0.05, 0) is 34.3 Å². The highest BCUT2D eigenvalue weighted by Crippen LogP contribution is 2.36. The van der Waals surface area contributed by atoms with Crippen LogP contribution in [-0.4, -0.2) is 4.98 Å². The van der Waals surface area contributed by atoms with Gasteiger partial charge in [0.1, 0.15) is 11.5 Å². The summed E-state index contributed by atoms with van der Waals surface area (Å²) in [6.45, 7) is 8.67. The van der Waals surface area contributed by atoms with Crippen LogP contribution >= 0.6 is 15.9 Å². The predicted molar refractivity (Wildman–Crippen MR) is 81.9 cm³/mol. The van der Waals surface area contributed by atoms with E-state index in [2.05, 4.69) is 60.7 Å². The van der Waals surface area contributed by atoms with Crippen molar-refractivity contribution in [1.82, 2.24) is 4.98 Å². The first kappa shape index (κ1) is 14.1. The molecule has 0 aliphatic heterocycles. The Morgan fingerprint density at radius 3 is 2.47 bits per heavy atom. The molecule has 1 heterocycles. The molecular formula is C16H18BrNO. The van der Waals surface area contributed by atoms with Crippen LogP contribution in [0.3, 0.4) is 0 Å². The Morgan fingerprint density at radius 2 is 1.84 bits per heavy atom. The van der Waals surface area contributed by atoms with E-state index in [1.54, 1.807) is 12.4 Å². The molecule has 0 aliphatic rings. The molecule has 0 atom stereocenters. The summed E-state index contributed by atoms with van der Waals surface area (Å²) in [4.78, 5) is 4.04. The molecule has 0 aliphatic carbocycles. The van der Waals surface area contributed by atoms with Gasteiger partial charge in [-0.25, -0.2) is 0 Å². The first-order chi connectivity index (χ1) is 8.88. The molecule has 0 radical (unpaired) electrons. The molecule has 2 aromatic rings. The van der Waals surface area contributed by atoms with Gasteiger partial charge in [0, 0.05) is 24.0 Å². The lowest BCUT2D eigenvalue weighted by Gasteiger charge is -2.23. The van der Waals surface area contributed by atoms with Crippen LogP contribution < -0.4 is 4.74 Å². The molecular weight excluding hydrogens is 302 g/mol. The van der Waals surface area contributed by atoms with E-state index in [1.807, 2.05) is 12.1 Å². The number of rotatable bonds is 2. The van der Waals surface area contributed by atoms with Crippen LogP contribution in [0.15, 0.2) is 41.1 Å². The second-order valence-corrected chi connectivity index (χ2v) is 6.51. The minimum Gasteiger partial charge on any atom is -0.456 e. The van der Waals surface area contributed by atoms with Crippen LogP contribution in [0.2, 0.25) is 0 Å². The molecule has 0 unspecified atom stereocenters. The van der Waals surface area contributed by atoms with Crippen molar-refractivity contribution < 1.29 is 4.74 Å². The van der Waals surface area contributed by atoms with Gasteiger partial charge in [0.05, 0.1) is 4.47 Å². The summed E-state index contributed by atoms with van der Waals surface area (Å²) >= 11 is 3.46. The molecule has 100 valence electrons. The van der Waals surface area contributed by atoms with Crippen LogP contribution in [0, 0.1) is 6.92 Å². The molecule has 0 N–H and O–H groups in total. The third-order valence-corrected chi connectivity index (χ3v) is 3.49. The normalized spacial score (nSPS) is 11.4. The van der Waals surface area contributed by atoms with Crippen LogP contribution in [0.25, 0.3) is 0 Å². The largest absolute Gasteiger partial charge is 0.456 e. The zero-order chi connectivity index (χ0) is 14.0. The number of pyridine rings is 1. The van der Waals surface area contributed by atoms with E-state index < -0.39 is 0 Å². The Bertz CT molecular complexity index is 588. The van der Waals surface area contributed by atoms with E-state index in [4.69, 9.17) is 4.74 Å². The van der Waals surface area contributed by atoms with E-state index >= 15 is 0 Å². The van der Waals surface area contributed by atoms with Gasteiger partial charge in [0.25, 0.3) is 0 Å². The van der Waals surface area contributed by atoms with Crippen molar-refractivity contribution in [3.63, 3.8) is 0 Å². The van der Waals surface area contributed by atoms with E-state index in [9.17, 15) is 0 Å². The first-order valence-electron chi connectivity index (χ1n) is 6.26. The molecule has 3 heteroatoms. The molecule has 2 rings (SSSR count). The van der Waals surface area contributed by atoms with Gasteiger partial charge in [0.2, 0.25) is 0 Å². The van der Waals surface area contributed by atoms with Gasteiger partial charge in [0.15, 0.2) is 0 Å². The fraction of sp³-hybridized carbons (Fsp3) is 0.312. The van der Waals surface area contributed by atoms with Gasteiger partial charge < -0.3 is 4.74 Å². The zero-order valence-corrected chi connectivity index (χ0v) is 13.3. The number of nitrogens with zero attached hydrogens (tertiary/aromatic N) is 1. The van der Waals surface area contributed by atoms with Gasteiger partial charge in [-0.15, -0.1) is 0 Å². The fourth-order valence-electron chi connectivity index (χ4n) is 1.88. The number of aromatic nitrogens is 1. The van der Waals surface area contributed by atoms with Crippen molar-refractivity contribution in [3.05, 3.63) is 52.3 Å². The maximum atomic E-state index is 6.03. The zero-order valence-electron chi connectivity index (χ0n) is 11.7. The summed E-state index contributed by atoms with van der Waals surface area (Å²) in [5.41, 5.74) is 2.49. The Morgan fingerprint density at radius 1 is 1.11 bits per heavy atom. The molecule has 0 fully saturated rings. The molecule has 0 bridgehead atoms. The second kappa shape index (κ2) is 5.33. The second-order valence-electron chi connectivity index (χ2n) is 5.66. The Balaban J connectivity index is 2.44. The Kier molecular flexibility index (Phi) is 3.95. The minimum absolute atomic E-state index is 0.0425. The van der Waals surface area contributed by atoms with Gasteiger partial charge in [-0.1, -0.05) is 38.5 Å². The average Bonchev–Trinajstić information content (AvgIpc) is 2.33. The molecule has 2 nitrogen and oxygen atoms in total. The molecule has 19 heavy (non-hydrogen) atoms. The fourth-order valence-corrected chi connectivity index (χ4v) is 2.21. The average molecular weight is 320 g/mol. The molecule has 0 amide bonds. The van der Waals surface area contributed by atoms with Crippen LogP contribution in [0.4, 0.5) is 0 Å². The number of aryl methyl sites for hydroxylation is 1. The molecule has 1 aromatic heterocycles. The standard InChI is InChI=1S/C16H18BrNO/c1-11-5-6-14(12(9-11)16(2,3)4)19-15-7-8-18-10-13(15)17/h5-10H,1-4H3. The van der Waals surface area contributed by atoms with Crippen molar-refractivity contribution in [2.75, 3.05) is 0 Å². The quantitative estimate of drug-likeness (QED) is 0.754. The summed E-state index contributed by atoms with van der Waals surface area (Å²) in [6.07, 6.45) is 3.46. The topological polar surface area (TPSA) is 22.1 Å². The predicted octanol–water partition coefficient (Wildman–Crippen LogP) is 5.24. The van der Waals surface area contributed by atoms with Gasteiger partial charge in [-0.3, -0.25) is 4.98 Å². The van der Waals surface area contributed by atoms with Crippen LogP contribution in [0.1, 0.15) is 31.9 Å². The summed E-state index contributed by atoms with van der Waals surface area (Å²) in [5.74, 6) is 1.68. The summed E-state index contributed by atoms with van der Waals surface area (Å²) < 4.78 is 6.89. The van der Waals surface area contributed by atoms with Crippen LogP contribution in [0.5, 0.6) is 11.5 Å². The van der Waals surface area contributed by atoms with Crippen molar-refractivity contribution in [3.8, 4) is 11.5 Å². The lowest BCUT2D eigenvalue weighted by atomic mass is 9.85. The molecule has 0 saturated heterocycles. The number of hydrogen-bond acceptors (Lipinski definition) is 2. The Hall–Kier alpha value is -1.35. The molecule has 1 aromatic carbocycles. The third-order valence-electron chi connectivity index (χ3n) is 2.90. The van der Waals surface area contributed by atoms with Crippen molar-refractivity contribution >= 4 is 15.9 Å². The van der Waals surface area contributed by atoms with Crippen molar-refractivity contribution in [1.29, 1.82) is 0 Å². The minimum atomic E-state index is 0.0425. The lowest BCUT2D eigenvalue weighted by molar-refractivity contribution is 0.452. The van der Waals surface area contributed by atoms with E-state index in [0.29, 0.717) is 0 Å². The first-order valence-corrected chi connectivity index (χ1v) is 7.06. The number of benzene rings is 1. The number of halogens is 1. The highest BCUT2D eigenvalue weighted by Gasteiger charge is 2.20. The SMILES string of the molecule is Cc1ccc(Oc2ccncc2Br)c(C(C)(C)C)c1. The number of hydrogen-bond donors (Lipinski definition) is 0. The smallest absolute Gasteiger partial charge is 0.144 e. The molecule has 0 saturated carbocycles. The van der Waals surface area contributed by atoms with E-state index in [1.165, 1.54) is 11.1 Å². The van der Waals surface area contributed by atoms with Gasteiger partial charge in [-0.2, -0.15) is 0 Å². The van der Waals surface area contributed by atoms with E-state index in [0.717, 1.165) is 16.0 Å². The van der Waals surface area contributed by atoms with Crippen molar-refractivity contribution in [2.45, 2.75) is 33.1 Å². The maximum Gasteiger partial charge on any atom is 0.144 e. The summed E-state index contributed by atoms with van der Waals surface area (Å²) in [7, 11) is 0. The monoisotopic (exact) mass is 319 g/mol. The van der Waals surface area contributed by atoms with Gasteiger partial charge >= 0.3 is 0 Å². The third kappa shape index (κ3) is 3.35. The molecule has 0 spiro atoms. The highest BCUT2D eigenvalue weighted by atomic mass is 79.9. The summed E-state index contributed by atoms with van der Waals surface area (Å²) in [5, 5.41) is 0.